The molecule has 1 aliphatic rings. The molecule has 0 spiro atoms. The molecule has 2 unspecified atom stereocenters. The highest BCUT2D eigenvalue weighted by Crippen LogP contribution is 2.33. The molecule has 0 fully saturated rings. The van der Waals surface area contributed by atoms with Crippen LogP contribution >= 0.6 is 11.6 Å². The molecule has 0 heterocycles. The topological polar surface area (TPSA) is 120 Å². The normalized spacial score (nSPS) is 28.0. The molecule has 0 aliphatic heterocycles. The zero-order chi connectivity index (χ0) is 16.4. The second-order valence-electron chi connectivity index (χ2n) is 5.17. The summed E-state index contributed by atoms with van der Waals surface area (Å²) in [6.07, 6.45) is 2.96. The lowest BCUT2D eigenvalue weighted by Crippen LogP contribution is -2.66. The first kappa shape index (κ1) is 17.4. The second-order valence-corrected chi connectivity index (χ2v) is 5.80. The van der Waals surface area contributed by atoms with E-state index in [1.807, 2.05) is 0 Å². The summed E-state index contributed by atoms with van der Waals surface area (Å²) in [5.74, 6) is -1.77. The first-order chi connectivity index (χ1) is 9.49. The number of hydrogen-bond acceptors (Lipinski definition) is 6. The first-order valence-corrected chi connectivity index (χ1v) is 6.61. The van der Waals surface area contributed by atoms with Gasteiger partial charge in [-0.2, -0.15) is 0 Å². The van der Waals surface area contributed by atoms with Crippen LogP contribution in [0.5, 0.6) is 0 Å². The average molecular weight is 313 g/mol. The smallest absolute Gasteiger partial charge is 0.169 e. The molecule has 0 aromatic heterocycles. The van der Waals surface area contributed by atoms with Crippen LogP contribution in [0.3, 0.4) is 0 Å². The number of hydrogen-bond donors (Lipinski definition) is 2. The van der Waals surface area contributed by atoms with Crippen LogP contribution in [0.2, 0.25) is 0 Å². The van der Waals surface area contributed by atoms with Gasteiger partial charge in [-0.15, -0.1) is 0 Å². The van der Waals surface area contributed by atoms with E-state index in [1.54, 1.807) is 0 Å². The SMILES string of the molecule is CC(=O)CC(=O)C1=CC(N)(Cl)C(N)(C(=O)CC(C)=O)C=C1. The Labute approximate surface area is 127 Å². The summed E-state index contributed by atoms with van der Waals surface area (Å²) in [5, 5.41) is 0. The van der Waals surface area contributed by atoms with Gasteiger partial charge in [-0.3, -0.25) is 19.2 Å². The molecule has 1 aliphatic carbocycles. The lowest BCUT2D eigenvalue weighted by atomic mass is 9.79. The number of allylic oxidation sites excluding steroid dienone is 2. The Kier molecular flexibility index (Phi) is 4.99. The molecule has 6 nitrogen and oxygen atoms in total. The number of ketones is 4. The highest BCUT2D eigenvalue weighted by atomic mass is 35.5. The lowest BCUT2D eigenvalue weighted by Gasteiger charge is -2.38. The molecule has 0 saturated heterocycles. The van der Waals surface area contributed by atoms with Crippen LogP contribution in [0.4, 0.5) is 0 Å². The molecule has 0 amide bonds. The van der Waals surface area contributed by atoms with Crippen LogP contribution in [0, 0.1) is 0 Å². The minimum Gasteiger partial charge on any atom is -0.313 e. The van der Waals surface area contributed by atoms with Crippen molar-refractivity contribution in [3.63, 3.8) is 0 Å². The summed E-state index contributed by atoms with van der Waals surface area (Å²) in [5.41, 5.74) is 10.1. The van der Waals surface area contributed by atoms with Crippen molar-refractivity contribution in [2.45, 2.75) is 37.2 Å². The molecule has 21 heavy (non-hydrogen) atoms. The molecule has 1 rings (SSSR count). The minimum atomic E-state index is -1.85. The molecule has 7 heteroatoms. The van der Waals surface area contributed by atoms with Crippen molar-refractivity contribution in [3.8, 4) is 0 Å². The van der Waals surface area contributed by atoms with E-state index in [9.17, 15) is 19.2 Å². The van der Waals surface area contributed by atoms with Crippen molar-refractivity contribution in [1.82, 2.24) is 0 Å². The van der Waals surface area contributed by atoms with Gasteiger partial charge in [-0.1, -0.05) is 23.8 Å². The summed E-state index contributed by atoms with van der Waals surface area (Å²) < 4.78 is 0. The van der Waals surface area contributed by atoms with Gasteiger partial charge in [-0.25, -0.2) is 0 Å². The Balaban J connectivity index is 3.08. The quantitative estimate of drug-likeness (QED) is 0.410. The molecular weight excluding hydrogens is 296 g/mol. The summed E-state index contributed by atoms with van der Waals surface area (Å²) in [6.45, 7) is 2.53. The Bertz CT molecular complexity index is 578. The fourth-order valence-corrected chi connectivity index (χ4v) is 2.21. The molecule has 2 atom stereocenters. The van der Waals surface area contributed by atoms with Crippen molar-refractivity contribution in [3.05, 3.63) is 23.8 Å². The predicted molar refractivity (Wildman–Crippen MR) is 77.5 cm³/mol. The van der Waals surface area contributed by atoms with Crippen LogP contribution in [0.15, 0.2) is 23.8 Å². The summed E-state index contributed by atoms with van der Waals surface area (Å²) in [4.78, 5) is 44.1. The van der Waals surface area contributed by atoms with Gasteiger partial charge in [0.2, 0.25) is 0 Å². The van der Waals surface area contributed by atoms with Crippen LogP contribution in [-0.2, 0) is 19.2 Å². The van der Waals surface area contributed by atoms with E-state index >= 15 is 0 Å². The van der Waals surface area contributed by atoms with Gasteiger partial charge < -0.3 is 11.5 Å². The van der Waals surface area contributed by atoms with Gasteiger partial charge in [0, 0.05) is 5.57 Å². The Morgan fingerprint density at radius 3 is 2.05 bits per heavy atom. The van der Waals surface area contributed by atoms with Gasteiger partial charge in [-0.05, 0) is 19.9 Å². The van der Waals surface area contributed by atoms with E-state index in [0.29, 0.717) is 0 Å². The monoisotopic (exact) mass is 312 g/mol. The van der Waals surface area contributed by atoms with Gasteiger partial charge in [0.15, 0.2) is 11.6 Å². The molecule has 0 aromatic rings. The molecule has 114 valence electrons. The third-order valence-electron chi connectivity index (χ3n) is 3.13. The minimum absolute atomic E-state index is 0.111. The van der Waals surface area contributed by atoms with Crippen LogP contribution in [0.1, 0.15) is 26.7 Å². The highest BCUT2D eigenvalue weighted by molar-refractivity contribution is 6.30. The van der Waals surface area contributed by atoms with E-state index in [-0.39, 0.29) is 23.6 Å². The molecule has 0 bridgehead atoms. The van der Waals surface area contributed by atoms with Gasteiger partial charge >= 0.3 is 0 Å². The number of nitrogens with two attached hydrogens (primary N) is 2. The lowest BCUT2D eigenvalue weighted by molar-refractivity contribution is -0.129. The maximum Gasteiger partial charge on any atom is 0.169 e. The fourth-order valence-electron chi connectivity index (χ4n) is 1.92. The summed E-state index contributed by atoms with van der Waals surface area (Å²) in [6, 6.07) is 0. The van der Waals surface area contributed by atoms with E-state index in [4.69, 9.17) is 23.1 Å². The maximum atomic E-state index is 12.1. The van der Waals surface area contributed by atoms with Crippen molar-refractivity contribution in [1.29, 1.82) is 0 Å². The fraction of sp³-hybridized carbons (Fsp3) is 0.429. The van der Waals surface area contributed by atoms with Gasteiger partial charge in [0.05, 0.1) is 12.8 Å². The van der Waals surface area contributed by atoms with Gasteiger partial charge in [0.1, 0.15) is 22.1 Å². The number of Topliss-reactive ketones (excluding diaryl/α,β-unsaturated/α-hetero) is 4. The molecule has 0 aromatic carbocycles. The van der Waals surface area contributed by atoms with E-state index in [2.05, 4.69) is 0 Å². The molecule has 0 saturated carbocycles. The average Bonchev–Trinajstić information content (AvgIpc) is 2.30. The maximum absolute atomic E-state index is 12.1. The Hall–Kier alpha value is -1.63. The Morgan fingerprint density at radius 2 is 1.62 bits per heavy atom. The molecular formula is C14H17ClN2O4. The number of carbonyl (C=O) groups excluding carboxylic acids is 4. The van der Waals surface area contributed by atoms with Crippen LogP contribution in [-0.4, -0.2) is 33.7 Å². The van der Waals surface area contributed by atoms with E-state index < -0.39 is 28.5 Å². The summed E-state index contributed by atoms with van der Waals surface area (Å²) >= 11 is 6.09. The molecule has 4 N–H and O–H groups in total. The van der Waals surface area contributed by atoms with Crippen molar-refractivity contribution in [2.75, 3.05) is 0 Å². The van der Waals surface area contributed by atoms with Crippen LogP contribution in [0.25, 0.3) is 0 Å². The molecule has 0 radical (unpaired) electrons. The van der Waals surface area contributed by atoms with E-state index in [0.717, 1.165) is 6.08 Å². The van der Waals surface area contributed by atoms with Crippen molar-refractivity contribution in [2.24, 2.45) is 11.5 Å². The third kappa shape index (κ3) is 3.72. The highest BCUT2D eigenvalue weighted by Gasteiger charge is 2.49. The van der Waals surface area contributed by atoms with Gasteiger partial charge in [0.25, 0.3) is 0 Å². The zero-order valence-electron chi connectivity index (χ0n) is 11.8. The standard InChI is InChI=1S/C14H17ClN2O4/c1-8(18)5-11(20)10-3-4-13(16,14(15,17)7-10)12(21)6-9(2)19/h3-4,7H,5-6,16-17H2,1-2H3. The first-order valence-electron chi connectivity index (χ1n) is 6.24. The Morgan fingerprint density at radius 1 is 1.10 bits per heavy atom. The largest absolute Gasteiger partial charge is 0.313 e. The van der Waals surface area contributed by atoms with E-state index in [1.165, 1.54) is 26.0 Å². The number of alkyl halides is 1. The zero-order valence-corrected chi connectivity index (χ0v) is 12.6. The van der Waals surface area contributed by atoms with Crippen molar-refractivity contribution >= 4 is 34.7 Å². The summed E-state index contributed by atoms with van der Waals surface area (Å²) in [7, 11) is 0. The number of rotatable bonds is 6. The second kappa shape index (κ2) is 6.01. The predicted octanol–water partition coefficient (Wildman–Crippen LogP) is 0.170. The third-order valence-corrected chi connectivity index (χ3v) is 3.55. The number of halogens is 1. The number of carbonyl (C=O) groups is 4. The van der Waals surface area contributed by atoms with Crippen molar-refractivity contribution < 1.29 is 19.2 Å². The van der Waals surface area contributed by atoms with Crippen LogP contribution < -0.4 is 11.5 Å².